The molecule has 8 aromatic rings. The maximum absolute atomic E-state index is 5.72. The second-order valence-electron chi connectivity index (χ2n) is 12.2. The van der Waals surface area contributed by atoms with E-state index in [1.165, 1.54) is 0 Å². The van der Waals surface area contributed by atoms with Gasteiger partial charge in [0.15, 0.2) is 0 Å². The Hall–Kier alpha value is -6.84. The lowest BCUT2D eigenvalue weighted by Crippen LogP contribution is -2.19. The summed E-state index contributed by atoms with van der Waals surface area (Å²) >= 11 is 0. The van der Waals surface area contributed by atoms with Gasteiger partial charge in [0.1, 0.15) is 5.71 Å². The van der Waals surface area contributed by atoms with Gasteiger partial charge in [0.2, 0.25) is 0 Å². The van der Waals surface area contributed by atoms with E-state index in [1.54, 1.807) is 0 Å². The lowest BCUT2D eigenvalue weighted by molar-refractivity contribution is 0.909. The minimum atomic E-state index is 0.759. The number of aliphatic imine (C=N–C) groups is 1. The summed E-state index contributed by atoms with van der Waals surface area (Å²) < 4.78 is 2.08. The highest BCUT2D eigenvalue weighted by Crippen LogP contribution is 2.40. The fourth-order valence-electron chi connectivity index (χ4n) is 6.46. The molecule has 1 aromatic heterocycles. The monoisotopic (exact) mass is 653 g/mol. The minimum absolute atomic E-state index is 0.759. The molecule has 7 aromatic carbocycles. The van der Waals surface area contributed by atoms with Crippen LogP contribution in [0, 0.1) is 0 Å². The number of benzene rings is 7. The maximum atomic E-state index is 5.72. The average Bonchev–Trinajstić information content (AvgIpc) is 3.64. The van der Waals surface area contributed by atoms with Gasteiger partial charge in [-0.05, 0) is 23.3 Å². The maximum Gasteiger partial charge on any atom is 0.117 e. The van der Waals surface area contributed by atoms with Crippen LogP contribution in [0.4, 0.5) is 5.69 Å². The molecule has 0 aliphatic carbocycles. The Morgan fingerprint density at radius 3 is 1.08 bits per heavy atom. The Morgan fingerprint density at radius 2 is 0.667 bits per heavy atom. The second kappa shape index (κ2) is 14.7. The molecule has 0 fully saturated rings. The molecule has 0 atom stereocenters. The van der Waals surface area contributed by atoms with Crippen LogP contribution in [-0.2, 0) is 0 Å². The van der Waals surface area contributed by atoms with E-state index in [2.05, 4.69) is 193 Å². The van der Waals surface area contributed by atoms with Gasteiger partial charge in [0.05, 0.1) is 22.8 Å². The molecular weight excluding hydrogens is 619 g/mol. The molecule has 0 bridgehead atoms. The zero-order valence-corrected chi connectivity index (χ0v) is 28.0. The van der Waals surface area contributed by atoms with Crippen LogP contribution in [0.3, 0.4) is 0 Å². The van der Waals surface area contributed by atoms with E-state index >= 15 is 0 Å². The van der Waals surface area contributed by atoms with Crippen LogP contribution in [0.1, 0.15) is 11.1 Å². The summed E-state index contributed by atoms with van der Waals surface area (Å²) in [5.41, 5.74) is 12.8. The molecule has 51 heavy (non-hydrogen) atoms. The van der Waals surface area contributed by atoms with Gasteiger partial charge >= 0.3 is 0 Å². The SMILES string of the molecule is c1ccc(C(=N\c2c(-c3ccccc3)cccc2-c2ccccc2)/C(=N/n2c(-c3ccccc3)ccc2-c2ccccc2)c2ccccc2)cc1. The molecular formula is C48H35N3. The molecule has 0 unspecified atom stereocenters. The topological polar surface area (TPSA) is 29.6 Å². The number of hydrogen-bond donors (Lipinski definition) is 0. The molecule has 242 valence electrons. The molecule has 0 saturated carbocycles. The van der Waals surface area contributed by atoms with E-state index in [1.807, 2.05) is 24.3 Å². The number of hydrogen-bond acceptors (Lipinski definition) is 2. The van der Waals surface area contributed by atoms with Crippen molar-refractivity contribution in [3.63, 3.8) is 0 Å². The first-order valence-corrected chi connectivity index (χ1v) is 17.2. The van der Waals surface area contributed by atoms with Gasteiger partial charge in [-0.25, -0.2) is 9.67 Å². The number of aromatic nitrogens is 1. The van der Waals surface area contributed by atoms with Crippen LogP contribution in [-0.4, -0.2) is 16.1 Å². The molecule has 0 radical (unpaired) electrons. The lowest BCUT2D eigenvalue weighted by atomic mass is 9.95. The summed E-state index contributed by atoms with van der Waals surface area (Å²) in [6, 6.07) is 73.5. The van der Waals surface area contributed by atoms with Crippen LogP contribution in [0.25, 0.3) is 44.8 Å². The molecule has 0 N–H and O–H groups in total. The molecule has 0 amide bonds. The van der Waals surface area contributed by atoms with E-state index < -0.39 is 0 Å². The highest BCUT2D eigenvalue weighted by molar-refractivity contribution is 6.54. The predicted octanol–water partition coefficient (Wildman–Crippen LogP) is 12.2. The fourth-order valence-corrected chi connectivity index (χ4v) is 6.46. The average molecular weight is 654 g/mol. The predicted molar refractivity (Wildman–Crippen MR) is 214 cm³/mol. The quantitative estimate of drug-likeness (QED) is 0.139. The summed E-state index contributed by atoms with van der Waals surface area (Å²) in [7, 11) is 0. The van der Waals surface area contributed by atoms with E-state index in [0.717, 1.165) is 73.0 Å². The number of rotatable bonds is 9. The van der Waals surface area contributed by atoms with E-state index in [0.29, 0.717) is 0 Å². The zero-order chi connectivity index (χ0) is 34.2. The van der Waals surface area contributed by atoms with Crippen molar-refractivity contribution in [2.75, 3.05) is 0 Å². The lowest BCUT2D eigenvalue weighted by Gasteiger charge is -2.18. The smallest absolute Gasteiger partial charge is 0.117 e. The van der Waals surface area contributed by atoms with Crippen molar-refractivity contribution in [1.29, 1.82) is 0 Å². The molecule has 3 nitrogen and oxygen atoms in total. The fraction of sp³-hybridized carbons (Fsp3) is 0. The summed E-state index contributed by atoms with van der Waals surface area (Å²) in [5.74, 6) is 0. The Labute approximate surface area is 299 Å². The summed E-state index contributed by atoms with van der Waals surface area (Å²) in [6.07, 6.45) is 0. The van der Waals surface area contributed by atoms with Crippen LogP contribution >= 0.6 is 0 Å². The molecule has 0 saturated heterocycles. The van der Waals surface area contributed by atoms with Crippen LogP contribution in [0.2, 0.25) is 0 Å². The third-order valence-electron chi connectivity index (χ3n) is 8.94. The van der Waals surface area contributed by atoms with Gasteiger partial charge in [0, 0.05) is 33.4 Å². The summed E-state index contributed by atoms with van der Waals surface area (Å²) in [6.45, 7) is 0. The van der Waals surface area contributed by atoms with E-state index in [4.69, 9.17) is 10.1 Å². The molecule has 1 heterocycles. The number of para-hydroxylation sites is 1. The highest BCUT2D eigenvalue weighted by Gasteiger charge is 2.21. The largest absolute Gasteiger partial charge is 0.245 e. The van der Waals surface area contributed by atoms with Gasteiger partial charge in [-0.15, -0.1) is 0 Å². The van der Waals surface area contributed by atoms with Crippen molar-refractivity contribution in [2.45, 2.75) is 0 Å². The highest BCUT2D eigenvalue weighted by atomic mass is 15.4. The van der Waals surface area contributed by atoms with Crippen molar-refractivity contribution in [3.05, 3.63) is 223 Å². The standard InChI is InChI=1S/C48H35N3/c1-7-20-36(21-8-1)42-32-19-33-43(37-22-9-2-10-23-37)48(42)49-46(40-28-15-5-16-29-40)47(41-30-17-6-18-31-41)50-51-44(38-24-11-3-12-25-38)34-35-45(51)39-26-13-4-14-27-39/h1-35H/b49-46+,50-47+. The van der Waals surface area contributed by atoms with E-state index in [9.17, 15) is 0 Å². The van der Waals surface area contributed by atoms with Crippen molar-refractivity contribution >= 4 is 17.1 Å². The first-order chi connectivity index (χ1) is 25.3. The third kappa shape index (κ3) is 6.74. The Balaban J connectivity index is 1.46. The van der Waals surface area contributed by atoms with Crippen molar-refractivity contribution in [2.24, 2.45) is 10.1 Å². The van der Waals surface area contributed by atoms with Crippen molar-refractivity contribution in [3.8, 4) is 44.8 Å². The molecule has 8 rings (SSSR count). The van der Waals surface area contributed by atoms with Crippen LogP contribution in [0.5, 0.6) is 0 Å². The second-order valence-corrected chi connectivity index (χ2v) is 12.2. The van der Waals surface area contributed by atoms with Crippen LogP contribution in [0.15, 0.2) is 222 Å². The molecule has 3 heteroatoms. The zero-order valence-electron chi connectivity index (χ0n) is 28.0. The first kappa shape index (κ1) is 31.4. The van der Waals surface area contributed by atoms with Crippen LogP contribution < -0.4 is 0 Å². The van der Waals surface area contributed by atoms with Crippen molar-refractivity contribution in [1.82, 2.24) is 4.68 Å². The summed E-state index contributed by atoms with van der Waals surface area (Å²) in [5, 5.41) is 5.62. The molecule has 0 spiro atoms. The Bertz CT molecular complexity index is 2300. The summed E-state index contributed by atoms with van der Waals surface area (Å²) in [4.78, 5) is 5.72. The van der Waals surface area contributed by atoms with Gasteiger partial charge in [-0.3, -0.25) is 0 Å². The van der Waals surface area contributed by atoms with Gasteiger partial charge in [0.25, 0.3) is 0 Å². The third-order valence-corrected chi connectivity index (χ3v) is 8.94. The molecule has 0 aliphatic rings. The number of nitrogens with zero attached hydrogens (tertiary/aromatic N) is 3. The van der Waals surface area contributed by atoms with Crippen molar-refractivity contribution < 1.29 is 0 Å². The Morgan fingerprint density at radius 1 is 0.314 bits per heavy atom. The molecule has 0 aliphatic heterocycles. The van der Waals surface area contributed by atoms with Gasteiger partial charge < -0.3 is 0 Å². The first-order valence-electron chi connectivity index (χ1n) is 17.2. The van der Waals surface area contributed by atoms with E-state index in [-0.39, 0.29) is 0 Å². The normalized spacial score (nSPS) is 11.8. The Kier molecular flexibility index (Phi) is 9.08. The minimum Gasteiger partial charge on any atom is -0.245 e. The van der Waals surface area contributed by atoms with Gasteiger partial charge in [-0.2, -0.15) is 5.10 Å². The van der Waals surface area contributed by atoms with Gasteiger partial charge in [-0.1, -0.05) is 200 Å².